The molecule has 0 fully saturated rings. The second kappa shape index (κ2) is 7.43. The van der Waals surface area contributed by atoms with Crippen LogP contribution in [-0.2, 0) is 24.5 Å². The van der Waals surface area contributed by atoms with Gasteiger partial charge in [0.15, 0.2) is 17.5 Å². The molecule has 1 N–H and O–H groups in total. The van der Waals surface area contributed by atoms with Gasteiger partial charge >= 0.3 is 5.97 Å². The van der Waals surface area contributed by atoms with E-state index in [0.717, 1.165) is 0 Å². The van der Waals surface area contributed by atoms with Crippen molar-refractivity contribution >= 4 is 35.0 Å². The maximum atomic E-state index is 13.0. The minimum Gasteiger partial charge on any atom is -0.459 e. The summed E-state index contributed by atoms with van der Waals surface area (Å²) in [4.78, 5) is 50.2. The first kappa shape index (κ1) is 21.1. The summed E-state index contributed by atoms with van der Waals surface area (Å²) in [5, 5.41) is 2.78. The zero-order valence-electron chi connectivity index (χ0n) is 16.1. The summed E-state index contributed by atoms with van der Waals surface area (Å²) in [6.45, 7) is 8.21. The Balaban J connectivity index is 2.28. The highest BCUT2D eigenvalue weighted by Gasteiger charge is 2.50. The van der Waals surface area contributed by atoms with Crippen molar-refractivity contribution in [1.82, 2.24) is 5.32 Å². The topological polar surface area (TPSA) is 89.5 Å². The van der Waals surface area contributed by atoms with Gasteiger partial charge in [-0.1, -0.05) is 18.5 Å². The van der Waals surface area contributed by atoms with Crippen molar-refractivity contribution in [2.24, 2.45) is 5.92 Å². The van der Waals surface area contributed by atoms with Gasteiger partial charge in [0.25, 0.3) is 0 Å². The summed E-state index contributed by atoms with van der Waals surface area (Å²) in [6.07, 6.45) is 0.405. The lowest BCUT2D eigenvalue weighted by Crippen LogP contribution is -2.52. The molecular formula is C20H24ClNO5. The van der Waals surface area contributed by atoms with Crippen molar-refractivity contribution in [1.29, 1.82) is 0 Å². The molecule has 0 heterocycles. The smallest absolute Gasteiger partial charge is 0.325 e. The molecule has 0 aliphatic heterocycles. The number of amides is 1. The summed E-state index contributed by atoms with van der Waals surface area (Å²) in [5.74, 6) is -4.01. The lowest BCUT2D eigenvalue weighted by Gasteiger charge is -2.36. The number of hydrogen-bond acceptors (Lipinski definition) is 5. The molecule has 0 radical (unpaired) electrons. The fourth-order valence-corrected chi connectivity index (χ4v) is 3.33. The van der Waals surface area contributed by atoms with Gasteiger partial charge < -0.3 is 10.1 Å². The van der Waals surface area contributed by atoms with Gasteiger partial charge in [-0.25, -0.2) is 0 Å². The SMILES string of the molecule is CCC1(C)C(=O)C(C(=O)NCC(=O)OC(C)(C)C)C(=O)c2ccc(Cl)cc21. The largest absolute Gasteiger partial charge is 0.459 e. The summed E-state index contributed by atoms with van der Waals surface area (Å²) < 4.78 is 5.12. The number of nitrogens with one attached hydrogen (secondary N) is 1. The van der Waals surface area contributed by atoms with E-state index in [9.17, 15) is 19.2 Å². The van der Waals surface area contributed by atoms with Crippen molar-refractivity contribution in [2.45, 2.75) is 52.1 Å². The van der Waals surface area contributed by atoms with Gasteiger partial charge in [0, 0.05) is 10.6 Å². The van der Waals surface area contributed by atoms with E-state index in [1.165, 1.54) is 6.07 Å². The highest BCUT2D eigenvalue weighted by molar-refractivity contribution is 6.32. The molecule has 2 rings (SSSR count). The van der Waals surface area contributed by atoms with E-state index < -0.39 is 46.9 Å². The number of carbonyl (C=O) groups is 4. The lowest BCUT2D eigenvalue weighted by atomic mass is 9.64. The molecule has 0 aromatic heterocycles. The average Bonchev–Trinajstić information content (AvgIpc) is 2.56. The van der Waals surface area contributed by atoms with Crippen LogP contribution in [0.25, 0.3) is 0 Å². The van der Waals surface area contributed by atoms with Crippen LogP contribution in [0.3, 0.4) is 0 Å². The third-order valence-corrected chi connectivity index (χ3v) is 4.94. The van der Waals surface area contributed by atoms with Crippen LogP contribution in [0.4, 0.5) is 0 Å². The number of ether oxygens (including phenoxy) is 1. The van der Waals surface area contributed by atoms with Gasteiger partial charge in [-0.15, -0.1) is 0 Å². The second-order valence-electron chi connectivity index (χ2n) is 7.84. The monoisotopic (exact) mass is 393 g/mol. The lowest BCUT2D eigenvalue weighted by molar-refractivity contribution is -0.155. The number of rotatable bonds is 4. The molecule has 2 unspecified atom stereocenters. The molecular weight excluding hydrogens is 370 g/mol. The third kappa shape index (κ3) is 4.21. The Morgan fingerprint density at radius 2 is 1.89 bits per heavy atom. The van der Waals surface area contributed by atoms with E-state index in [1.807, 2.05) is 6.92 Å². The number of Topliss-reactive ketones (excluding diaryl/α,β-unsaturated/α-hetero) is 2. The molecule has 1 amide bonds. The summed E-state index contributed by atoms with van der Waals surface area (Å²) in [5.41, 5.74) is -0.872. The van der Waals surface area contributed by atoms with E-state index in [0.29, 0.717) is 22.6 Å². The van der Waals surface area contributed by atoms with Crippen LogP contribution in [0, 0.1) is 5.92 Å². The van der Waals surface area contributed by atoms with Crippen LogP contribution >= 0.6 is 11.6 Å². The predicted molar refractivity (Wildman–Crippen MR) is 101 cm³/mol. The number of esters is 1. The van der Waals surface area contributed by atoms with Crippen LogP contribution in [0.15, 0.2) is 18.2 Å². The fourth-order valence-electron chi connectivity index (χ4n) is 3.16. The molecule has 1 aromatic carbocycles. The standard InChI is InChI=1S/C20H24ClNO5/c1-6-20(5)13-9-11(21)7-8-12(13)16(24)15(17(20)25)18(26)22-10-14(23)27-19(2,3)4/h7-9,15H,6,10H2,1-5H3,(H,22,26). The number of fused-ring (bicyclic) bond motifs is 1. The van der Waals surface area contributed by atoms with Crippen LogP contribution in [0.1, 0.15) is 57.0 Å². The van der Waals surface area contributed by atoms with Gasteiger partial charge in [-0.2, -0.15) is 0 Å². The Bertz CT molecular complexity index is 811. The second-order valence-corrected chi connectivity index (χ2v) is 8.28. The maximum Gasteiger partial charge on any atom is 0.325 e. The van der Waals surface area contributed by atoms with Crippen LogP contribution < -0.4 is 5.32 Å². The zero-order chi connectivity index (χ0) is 20.6. The summed E-state index contributed by atoms with van der Waals surface area (Å²) in [7, 11) is 0. The Morgan fingerprint density at radius 3 is 2.44 bits per heavy atom. The molecule has 0 saturated carbocycles. The Kier molecular flexibility index (Phi) is 5.80. The molecule has 1 aromatic rings. The Labute approximate surface area is 163 Å². The molecule has 6 nitrogen and oxygen atoms in total. The maximum absolute atomic E-state index is 13.0. The van der Waals surface area contributed by atoms with Gasteiger partial charge in [-0.3, -0.25) is 19.2 Å². The number of carbonyl (C=O) groups excluding carboxylic acids is 4. The van der Waals surface area contributed by atoms with E-state index in [4.69, 9.17) is 16.3 Å². The van der Waals surface area contributed by atoms with Crippen molar-refractivity contribution in [3.63, 3.8) is 0 Å². The minimum absolute atomic E-state index is 0.306. The number of benzene rings is 1. The molecule has 1 aliphatic rings. The Hall–Kier alpha value is -2.21. The van der Waals surface area contributed by atoms with E-state index in [1.54, 1.807) is 39.8 Å². The highest BCUT2D eigenvalue weighted by Crippen LogP contribution is 2.40. The molecule has 0 spiro atoms. The first-order valence-electron chi connectivity index (χ1n) is 8.79. The Morgan fingerprint density at radius 1 is 1.26 bits per heavy atom. The molecule has 146 valence electrons. The minimum atomic E-state index is -1.49. The number of ketones is 2. The van der Waals surface area contributed by atoms with Crippen LogP contribution in [-0.4, -0.2) is 35.6 Å². The summed E-state index contributed by atoms with van der Waals surface area (Å²) in [6, 6.07) is 4.69. The van der Waals surface area contributed by atoms with Crippen LogP contribution in [0.5, 0.6) is 0 Å². The van der Waals surface area contributed by atoms with Crippen molar-refractivity contribution in [3.05, 3.63) is 34.3 Å². The first-order valence-corrected chi connectivity index (χ1v) is 9.16. The van der Waals surface area contributed by atoms with Crippen LogP contribution in [0.2, 0.25) is 5.02 Å². The van der Waals surface area contributed by atoms with E-state index >= 15 is 0 Å². The number of halogens is 1. The molecule has 0 bridgehead atoms. The van der Waals surface area contributed by atoms with Crippen molar-refractivity contribution in [2.75, 3.05) is 6.54 Å². The summed E-state index contributed by atoms with van der Waals surface area (Å²) >= 11 is 6.04. The number of hydrogen-bond donors (Lipinski definition) is 1. The third-order valence-electron chi connectivity index (χ3n) is 4.71. The van der Waals surface area contributed by atoms with Gasteiger partial charge in [0.05, 0.1) is 5.41 Å². The van der Waals surface area contributed by atoms with E-state index in [-0.39, 0.29) is 0 Å². The molecule has 27 heavy (non-hydrogen) atoms. The zero-order valence-corrected chi connectivity index (χ0v) is 16.9. The van der Waals surface area contributed by atoms with Crippen molar-refractivity contribution in [3.8, 4) is 0 Å². The normalized spacial score (nSPS) is 22.2. The van der Waals surface area contributed by atoms with Gasteiger partial charge in [0.2, 0.25) is 5.91 Å². The van der Waals surface area contributed by atoms with Crippen molar-refractivity contribution < 1.29 is 23.9 Å². The van der Waals surface area contributed by atoms with E-state index in [2.05, 4.69) is 5.32 Å². The highest BCUT2D eigenvalue weighted by atomic mass is 35.5. The fraction of sp³-hybridized carbons (Fsp3) is 0.500. The quantitative estimate of drug-likeness (QED) is 0.627. The average molecular weight is 394 g/mol. The van der Waals surface area contributed by atoms with Gasteiger partial charge in [0.1, 0.15) is 12.1 Å². The first-order chi connectivity index (χ1) is 12.4. The predicted octanol–water partition coefficient (Wildman–Crippen LogP) is 2.85. The van der Waals surface area contributed by atoms with Gasteiger partial charge in [-0.05, 0) is 57.9 Å². The molecule has 1 aliphatic carbocycles. The molecule has 2 atom stereocenters. The molecule has 0 saturated heterocycles. The molecule has 7 heteroatoms.